The van der Waals surface area contributed by atoms with Crippen LogP contribution in [0.25, 0.3) is 0 Å². The number of methoxy groups -OCH3 is 1. The molecule has 8 heteroatoms. The van der Waals surface area contributed by atoms with Gasteiger partial charge in [-0.25, -0.2) is 9.97 Å². The van der Waals surface area contributed by atoms with Crippen molar-refractivity contribution in [3.8, 4) is 5.75 Å². The Bertz CT molecular complexity index is 912. The molecule has 1 aromatic heterocycles. The Labute approximate surface area is 160 Å². The Morgan fingerprint density at radius 1 is 1.04 bits per heavy atom. The molecule has 0 saturated heterocycles. The maximum absolute atomic E-state index is 12.3. The molecule has 0 saturated carbocycles. The molecule has 0 fully saturated rings. The fourth-order valence-electron chi connectivity index (χ4n) is 2.22. The predicted octanol–water partition coefficient (Wildman–Crippen LogP) is 4.79. The van der Waals surface area contributed by atoms with Gasteiger partial charge in [0.1, 0.15) is 17.3 Å². The van der Waals surface area contributed by atoms with Crippen LogP contribution in [0.15, 0.2) is 54.9 Å². The van der Waals surface area contributed by atoms with E-state index in [2.05, 4.69) is 20.6 Å². The summed E-state index contributed by atoms with van der Waals surface area (Å²) >= 11 is 11.9. The molecule has 0 atom stereocenters. The summed E-state index contributed by atoms with van der Waals surface area (Å²) in [7, 11) is 1.54. The molecule has 0 radical (unpaired) electrons. The Morgan fingerprint density at radius 3 is 2.42 bits per heavy atom. The van der Waals surface area contributed by atoms with E-state index >= 15 is 0 Å². The van der Waals surface area contributed by atoms with Crippen LogP contribution >= 0.6 is 23.2 Å². The third-order valence-corrected chi connectivity index (χ3v) is 3.81. The van der Waals surface area contributed by atoms with E-state index in [0.29, 0.717) is 33.0 Å². The monoisotopic (exact) mass is 388 g/mol. The number of aromatic nitrogens is 2. The molecule has 1 heterocycles. The van der Waals surface area contributed by atoms with Gasteiger partial charge in [-0.1, -0.05) is 35.3 Å². The molecule has 3 rings (SSSR count). The Morgan fingerprint density at radius 2 is 1.77 bits per heavy atom. The fraction of sp³-hybridized carbons (Fsp3) is 0.0556. The smallest absolute Gasteiger partial charge is 0.275 e. The van der Waals surface area contributed by atoms with Crippen LogP contribution in [0, 0.1) is 0 Å². The van der Waals surface area contributed by atoms with E-state index in [1.54, 1.807) is 36.4 Å². The highest BCUT2D eigenvalue weighted by Crippen LogP contribution is 2.25. The van der Waals surface area contributed by atoms with Crippen LogP contribution in [0.3, 0.4) is 0 Å². The molecular formula is C18H14Cl2N4O2. The molecule has 0 aliphatic rings. The third-order valence-electron chi connectivity index (χ3n) is 3.37. The average Bonchev–Trinajstić information content (AvgIpc) is 2.62. The van der Waals surface area contributed by atoms with Crippen molar-refractivity contribution < 1.29 is 9.53 Å². The first-order chi connectivity index (χ1) is 12.5. The molecular weight excluding hydrogens is 375 g/mol. The number of ether oxygens (including phenoxy) is 1. The minimum absolute atomic E-state index is 0.172. The number of para-hydroxylation sites is 2. The number of benzene rings is 2. The summed E-state index contributed by atoms with van der Waals surface area (Å²) < 4.78 is 5.20. The number of carbonyl (C=O) groups excluding carboxylic acids is 1. The van der Waals surface area contributed by atoms with Crippen molar-refractivity contribution >= 4 is 46.3 Å². The van der Waals surface area contributed by atoms with Gasteiger partial charge in [-0.15, -0.1) is 0 Å². The number of amides is 1. The maximum atomic E-state index is 12.3. The molecule has 6 nitrogen and oxygen atoms in total. The number of rotatable bonds is 5. The highest BCUT2D eigenvalue weighted by molar-refractivity contribution is 6.35. The standard InChI is InChI=1S/C18H14Cl2N4O2/c1-26-16-5-3-2-4-14(16)24-18(25)15-9-22-17(10-21-15)23-13-7-11(19)6-12(20)8-13/h2-10H,1H3,(H,22,23)(H,24,25). The van der Waals surface area contributed by atoms with Gasteiger partial charge in [0.25, 0.3) is 5.91 Å². The summed E-state index contributed by atoms with van der Waals surface area (Å²) in [5.41, 5.74) is 1.39. The first-order valence-electron chi connectivity index (χ1n) is 7.54. The quantitative estimate of drug-likeness (QED) is 0.656. The van der Waals surface area contributed by atoms with Crippen LogP contribution in [0.2, 0.25) is 10.0 Å². The number of hydrogen-bond acceptors (Lipinski definition) is 5. The van der Waals surface area contributed by atoms with Gasteiger partial charge in [0.15, 0.2) is 0 Å². The number of halogens is 2. The van der Waals surface area contributed by atoms with Crippen LogP contribution in [0.1, 0.15) is 10.5 Å². The van der Waals surface area contributed by atoms with Crippen molar-refractivity contribution in [2.24, 2.45) is 0 Å². The van der Waals surface area contributed by atoms with Gasteiger partial charge in [-0.2, -0.15) is 0 Å². The molecule has 132 valence electrons. The highest BCUT2D eigenvalue weighted by atomic mass is 35.5. The second kappa shape index (κ2) is 8.03. The second-order valence-electron chi connectivity index (χ2n) is 5.22. The maximum Gasteiger partial charge on any atom is 0.275 e. The number of hydrogen-bond donors (Lipinski definition) is 2. The van der Waals surface area contributed by atoms with Crippen LogP contribution in [-0.4, -0.2) is 23.0 Å². The zero-order valence-electron chi connectivity index (χ0n) is 13.7. The predicted molar refractivity (Wildman–Crippen MR) is 103 cm³/mol. The summed E-state index contributed by atoms with van der Waals surface area (Å²) in [6.07, 6.45) is 2.82. The highest BCUT2D eigenvalue weighted by Gasteiger charge is 2.11. The van der Waals surface area contributed by atoms with Crippen LogP contribution in [0.5, 0.6) is 5.75 Å². The van der Waals surface area contributed by atoms with Gasteiger partial charge < -0.3 is 15.4 Å². The van der Waals surface area contributed by atoms with Gasteiger partial charge in [0, 0.05) is 15.7 Å². The number of anilines is 3. The average molecular weight is 389 g/mol. The van der Waals surface area contributed by atoms with E-state index in [1.807, 2.05) is 6.07 Å². The van der Waals surface area contributed by atoms with E-state index in [1.165, 1.54) is 19.5 Å². The third kappa shape index (κ3) is 4.41. The van der Waals surface area contributed by atoms with Gasteiger partial charge >= 0.3 is 0 Å². The summed E-state index contributed by atoms with van der Waals surface area (Å²) in [6.45, 7) is 0. The van der Waals surface area contributed by atoms with Gasteiger partial charge in [-0.3, -0.25) is 4.79 Å². The molecule has 2 N–H and O–H groups in total. The van der Waals surface area contributed by atoms with Gasteiger partial charge in [0.2, 0.25) is 0 Å². The van der Waals surface area contributed by atoms with Crippen LogP contribution < -0.4 is 15.4 Å². The normalized spacial score (nSPS) is 10.3. The van der Waals surface area contributed by atoms with Crippen molar-refractivity contribution in [2.75, 3.05) is 17.7 Å². The molecule has 0 bridgehead atoms. The largest absolute Gasteiger partial charge is 0.495 e. The van der Waals surface area contributed by atoms with Crippen molar-refractivity contribution in [3.63, 3.8) is 0 Å². The van der Waals surface area contributed by atoms with Gasteiger partial charge in [-0.05, 0) is 30.3 Å². The zero-order chi connectivity index (χ0) is 18.5. The lowest BCUT2D eigenvalue weighted by Crippen LogP contribution is -2.14. The lowest BCUT2D eigenvalue weighted by atomic mass is 10.3. The van der Waals surface area contributed by atoms with Crippen molar-refractivity contribution in [2.45, 2.75) is 0 Å². The van der Waals surface area contributed by atoms with Crippen molar-refractivity contribution in [1.82, 2.24) is 9.97 Å². The summed E-state index contributed by atoms with van der Waals surface area (Å²) in [5.74, 6) is 0.626. The molecule has 0 unspecified atom stereocenters. The van der Waals surface area contributed by atoms with Crippen LogP contribution in [-0.2, 0) is 0 Å². The second-order valence-corrected chi connectivity index (χ2v) is 6.10. The van der Waals surface area contributed by atoms with E-state index in [4.69, 9.17) is 27.9 Å². The molecule has 26 heavy (non-hydrogen) atoms. The number of carbonyl (C=O) groups is 1. The SMILES string of the molecule is COc1ccccc1NC(=O)c1cnc(Nc2cc(Cl)cc(Cl)c2)cn1. The molecule has 0 aliphatic heterocycles. The number of nitrogens with zero attached hydrogens (tertiary/aromatic N) is 2. The fourth-order valence-corrected chi connectivity index (χ4v) is 2.74. The lowest BCUT2D eigenvalue weighted by molar-refractivity contribution is 0.102. The van der Waals surface area contributed by atoms with E-state index in [-0.39, 0.29) is 11.6 Å². The molecule has 3 aromatic rings. The first kappa shape index (κ1) is 18.0. The Kier molecular flexibility index (Phi) is 5.55. The summed E-state index contributed by atoms with van der Waals surface area (Å²) in [6, 6.07) is 12.2. The zero-order valence-corrected chi connectivity index (χ0v) is 15.2. The Hall–Kier alpha value is -2.83. The topological polar surface area (TPSA) is 76.1 Å². The van der Waals surface area contributed by atoms with Crippen LogP contribution in [0.4, 0.5) is 17.2 Å². The summed E-state index contributed by atoms with van der Waals surface area (Å²) in [5, 5.41) is 6.77. The van der Waals surface area contributed by atoms with E-state index in [0.717, 1.165) is 0 Å². The molecule has 0 spiro atoms. The van der Waals surface area contributed by atoms with Crippen molar-refractivity contribution in [3.05, 3.63) is 70.6 Å². The molecule has 1 amide bonds. The molecule has 0 aliphatic carbocycles. The van der Waals surface area contributed by atoms with E-state index in [9.17, 15) is 4.79 Å². The molecule has 2 aromatic carbocycles. The van der Waals surface area contributed by atoms with E-state index < -0.39 is 0 Å². The number of nitrogens with one attached hydrogen (secondary N) is 2. The minimum atomic E-state index is -0.389. The van der Waals surface area contributed by atoms with Crippen molar-refractivity contribution in [1.29, 1.82) is 0 Å². The Balaban J connectivity index is 1.71. The first-order valence-corrected chi connectivity index (χ1v) is 8.30. The lowest BCUT2D eigenvalue weighted by Gasteiger charge is -2.10. The minimum Gasteiger partial charge on any atom is -0.495 e. The summed E-state index contributed by atoms with van der Waals surface area (Å²) in [4.78, 5) is 20.6. The van der Waals surface area contributed by atoms with Gasteiger partial charge in [0.05, 0.1) is 25.2 Å².